The number of carbonyl (C=O) groups excluding carboxylic acids is 1. The topological polar surface area (TPSA) is 38.3 Å². The van der Waals surface area contributed by atoms with Crippen molar-refractivity contribution in [2.45, 2.75) is 13.8 Å². The van der Waals surface area contributed by atoms with Crippen LogP contribution >= 0.6 is 0 Å². The van der Waals surface area contributed by atoms with Gasteiger partial charge in [0.25, 0.3) is 0 Å². The second kappa shape index (κ2) is 4.05. The van der Waals surface area contributed by atoms with Crippen LogP contribution in [-0.4, -0.2) is 12.8 Å². The summed E-state index contributed by atoms with van der Waals surface area (Å²) in [5, 5.41) is 0. The van der Waals surface area contributed by atoms with Gasteiger partial charge in [0.15, 0.2) is 11.5 Å². The number of hydrogen-bond donors (Lipinski definition) is 1. The summed E-state index contributed by atoms with van der Waals surface area (Å²) < 4.78 is 0. The van der Waals surface area contributed by atoms with Gasteiger partial charge in [0.05, 0.1) is 0 Å². The van der Waals surface area contributed by atoms with Gasteiger partial charge < -0.3 is 4.84 Å². The second-order valence-corrected chi connectivity index (χ2v) is 2.84. The summed E-state index contributed by atoms with van der Waals surface area (Å²) in [6.07, 6.45) is 0. The Balaban J connectivity index is 3.03. The van der Waals surface area contributed by atoms with E-state index in [4.69, 9.17) is 4.84 Å². The van der Waals surface area contributed by atoms with Gasteiger partial charge in [-0.05, 0) is 25.5 Å². The predicted molar refractivity (Wildman–Crippen MR) is 50.9 cm³/mol. The minimum absolute atomic E-state index is 0.0425. The first kappa shape index (κ1) is 9.74. The highest BCUT2D eigenvalue weighted by atomic mass is 16.6. The predicted octanol–water partition coefficient (Wildman–Crippen LogP) is 1.71. The Morgan fingerprint density at radius 2 is 2.15 bits per heavy atom. The van der Waals surface area contributed by atoms with Crippen molar-refractivity contribution in [2.24, 2.45) is 0 Å². The highest BCUT2D eigenvalue weighted by Crippen LogP contribution is 2.18. The summed E-state index contributed by atoms with van der Waals surface area (Å²) in [6.45, 7) is 3.46. The highest BCUT2D eigenvalue weighted by molar-refractivity contribution is 5.94. The van der Waals surface area contributed by atoms with E-state index in [-0.39, 0.29) is 5.78 Å². The molecule has 3 nitrogen and oxygen atoms in total. The molecule has 0 aromatic heterocycles. The first-order valence-corrected chi connectivity index (χ1v) is 4.10. The standard InChI is InChI=1S/C10H13NO2/c1-7-4-5-9(8(2)12)6-10(7)13-11-3/h4-6,11H,1-3H3. The van der Waals surface area contributed by atoms with Crippen molar-refractivity contribution in [3.05, 3.63) is 29.3 Å². The number of Topliss-reactive ketones (excluding diaryl/α,β-unsaturated/α-hetero) is 1. The molecular weight excluding hydrogens is 166 g/mol. The molecule has 0 aliphatic heterocycles. The van der Waals surface area contributed by atoms with Crippen molar-refractivity contribution in [1.29, 1.82) is 0 Å². The number of hydroxylamine groups is 1. The van der Waals surface area contributed by atoms with E-state index in [1.165, 1.54) is 6.92 Å². The molecule has 0 atom stereocenters. The van der Waals surface area contributed by atoms with Gasteiger partial charge in [-0.25, -0.2) is 0 Å². The van der Waals surface area contributed by atoms with Gasteiger partial charge >= 0.3 is 0 Å². The summed E-state index contributed by atoms with van der Waals surface area (Å²) in [5.41, 5.74) is 4.24. The summed E-state index contributed by atoms with van der Waals surface area (Å²) in [6, 6.07) is 5.39. The molecule has 0 fully saturated rings. The zero-order valence-corrected chi connectivity index (χ0v) is 8.05. The van der Waals surface area contributed by atoms with Crippen LogP contribution in [0.2, 0.25) is 0 Å². The molecule has 3 heteroatoms. The Kier molecular flexibility index (Phi) is 3.03. The van der Waals surface area contributed by atoms with Crippen LogP contribution in [0, 0.1) is 6.92 Å². The fraction of sp³-hybridized carbons (Fsp3) is 0.300. The van der Waals surface area contributed by atoms with Crippen LogP contribution in [0.3, 0.4) is 0 Å². The molecular formula is C10H13NO2. The monoisotopic (exact) mass is 179 g/mol. The Morgan fingerprint density at radius 1 is 1.46 bits per heavy atom. The number of rotatable bonds is 3. The molecule has 0 radical (unpaired) electrons. The van der Waals surface area contributed by atoms with Crippen LogP contribution in [0.5, 0.6) is 5.75 Å². The molecule has 1 N–H and O–H groups in total. The van der Waals surface area contributed by atoms with E-state index in [0.717, 1.165) is 5.56 Å². The zero-order valence-electron chi connectivity index (χ0n) is 8.05. The number of nitrogens with one attached hydrogen (secondary N) is 1. The van der Waals surface area contributed by atoms with Crippen LogP contribution in [0.1, 0.15) is 22.8 Å². The highest BCUT2D eigenvalue weighted by Gasteiger charge is 2.04. The van der Waals surface area contributed by atoms with Crippen LogP contribution in [0.4, 0.5) is 0 Å². The number of carbonyl (C=O) groups is 1. The molecule has 1 aromatic rings. The number of aryl methyl sites for hydroxylation is 1. The molecule has 0 aliphatic rings. The third-order valence-electron chi connectivity index (χ3n) is 1.81. The molecule has 70 valence electrons. The summed E-state index contributed by atoms with van der Waals surface area (Å²) in [7, 11) is 1.68. The molecule has 0 bridgehead atoms. The number of hydrogen-bond acceptors (Lipinski definition) is 3. The fourth-order valence-corrected chi connectivity index (χ4v) is 1.04. The molecule has 1 rings (SSSR count). The van der Waals surface area contributed by atoms with Gasteiger partial charge in [-0.3, -0.25) is 4.79 Å². The fourth-order valence-electron chi connectivity index (χ4n) is 1.04. The largest absolute Gasteiger partial charge is 0.409 e. The summed E-state index contributed by atoms with van der Waals surface area (Å²) >= 11 is 0. The molecule has 0 spiro atoms. The van der Waals surface area contributed by atoms with Gasteiger partial charge in [0.2, 0.25) is 0 Å². The molecule has 13 heavy (non-hydrogen) atoms. The van der Waals surface area contributed by atoms with Crippen LogP contribution < -0.4 is 10.3 Å². The van der Waals surface area contributed by atoms with Crippen molar-refractivity contribution in [3.8, 4) is 5.75 Å². The Hall–Kier alpha value is -1.35. The van der Waals surface area contributed by atoms with Gasteiger partial charge in [-0.1, -0.05) is 12.1 Å². The maximum atomic E-state index is 11.0. The summed E-state index contributed by atoms with van der Waals surface area (Å²) in [5.74, 6) is 0.733. The van der Waals surface area contributed by atoms with Crippen LogP contribution in [0.15, 0.2) is 18.2 Å². The van der Waals surface area contributed by atoms with Gasteiger partial charge in [-0.2, -0.15) is 5.48 Å². The first-order valence-electron chi connectivity index (χ1n) is 4.10. The van der Waals surface area contributed by atoms with Crippen molar-refractivity contribution in [2.75, 3.05) is 7.05 Å². The van der Waals surface area contributed by atoms with Crippen molar-refractivity contribution >= 4 is 5.78 Å². The number of ketones is 1. The average molecular weight is 179 g/mol. The van der Waals surface area contributed by atoms with Crippen LogP contribution in [-0.2, 0) is 0 Å². The van der Waals surface area contributed by atoms with E-state index in [1.54, 1.807) is 19.2 Å². The zero-order chi connectivity index (χ0) is 9.84. The quantitative estimate of drug-likeness (QED) is 0.567. The minimum atomic E-state index is 0.0425. The molecule has 1 aromatic carbocycles. The van der Waals surface area contributed by atoms with Gasteiger partial charge in [0, 0.05) is 12.6 Å². The van der Waals surface area contributed by atoms with Crippen molar-refractivity contribution < 1.29 is 9.63 Å². The maximum absolute atomic E-state index is 11.0. The Bertz CT molecular complexity index is 321. The molecule has 0 aliphatic carbocycles. The van der Waals surface area contributed by atoms with E-state index in [0.29, 0.717) is 11.3 Å². The lowest BCUT2D eigenvalue weighted by Crippen LogP contribution is -2.12. The smallest absolute Gasteiger partial charge is 0.159 e. The number of benzene rings is 1. The van der Waals surface area contributed by atoms with Crippen LogP contribution in [0.25, 0.3) is 0 Å². The lowest BCUT2D eigenvalue weighted by Gasteiger charge is -2.07. The SMILES string of the molecule is CNOc1cc(C(C)=O)ccc1C. The van der Waals surface area contributed by atoms with E-state index in [2.05, 4.69) is 5.48 Å². The molecule has 0 saturated carbocycles. The van der Waals surface area contributed by atoms with Gasteiger partial charge in [-0.15, -0.1) is 0 Å². The minimum Gasteiger partial charge on any atom is -0.409 e. The van der Waals surface area contributed by atoms with Crippen molar-refractivity contribution in [3.63, 3.8) is 0 Å². The first-order chi connectivity index (χ1) is 6.15. The van der Waals surface area contributed by atoms with E-state index in [1.807, 2.05) is 13.0 Å². The third-order valence-corrected chi connectivity index (χ3v) is 1.81. The van der Waals surface area contributed by atoms with Gasteiger partial charge in [0.1, 0.15) is 0 Å². The Labute approximate surface area is 77.7 Å². The van der Waals surface area contributed by atoms with Crippen molar-refractivity contribution in [1.82, 2.24) is 5.48 Å². The van der Waals surface area contributed by atoms with E-state index >= 15 is 0 Å². The maximum Gasteiger partial charge on any atom is 0.159 e. The lowest BCUT2D eigenvalue weighted by atomic mass is 10.1. The lowest BCUT2D eigenvalue weighted by molar-refractivity contribution is 0.101. The molecule has 0 heterocycles. The normalized spacial score (nSPS) is 9.77. The average Bonchev–Trinajstić information content (AvgIpc) is 2.08. The van der Waals surface area contributed by atoms with E-state index < -0.39 is 0 Å². The Morgan fingerprint density at radius 3 is 2.69 bits per heavy atom. The second-order valence-electron chi connectivity index (χ2n) is 2.84. The molecule has 0 amide bonds. The summed E-state index contributed by atoms with van der Waals surface area (Å²) in [4.78, 5) is 16.2. The molecule has 0 unspecified atom stereocenters. The molecule has 0 saturated heterocycles. The van der Waals surface area contributed by atoms with E-state index in [9.17, 15) is 4.79 Å². The third kappa shape index (κ3) is 2.29.